The van der Waals surface area contributed by atoms with Gasteiger partial charge in [-0.1, -0.05) is 5.21 Å². The fourth-order valence-electron chi connectivity index (χ4n) is 1.02. The van der Waals surface area contributed by atoms with Crippen LogP contribution in [0.25, 0.3) is 0 Å². The number of rotatable bonds is 3. The zero-order valence-corrected chi connectivity index (χ0v) is 8.42. The van der Waals surface area contributed by atoms with Gasteiger partial charge in [0.25, 0.3) is 0 Å². The Morgan fingerprint density at radius 2 is 2.15 bits per heavy atom. The van der Waals surface area contributed by atoms with E-state index in [9.17, 15) is 0 Å². The summed E-state index contributed by atoms with van der Waals surface area (Å²) in [5.74, 6) is 0. The van der Waals surface area contributed by atoms with E-state index in [1.807, 2.05) is 17.1 Å². The molecule has 2 rings (SSSR count). The molecule has 0 aromatic carbocycles. The van der Waals surface area contributed by atoms with Crippen molar-refractivity contribution in [1.29, 1.82) is 0 Å². The minimum Gasteiger partial charge on any atom is -0.270 e. The maximum absolute atomic E-state index is 4.12. The molecule has 5 nitrogen and oxygen atoms in total. The maximum atomic E-state index is 4.12. The highest BCUT2D eigenvalue weighted by Crippen LogP contribution is 2.05. The van der Waals surface area contributed by atoms with Crippen LogP contribution in [0, 0.1) is 0 Å². The zero-order chi connectivity index (χ0) is 9.10. The van der Waals surface area contributed by atoms with Gasteiger partial charge >= 0.3 is 0 Å². The van der Waals surface area contributed by atoms with Crippen LogP contribution in [0.5, 0.6) is 0 Å². The Morgan fingerprint density at radius 1 is 1.31 bits per heavy atom. The van der Waals surface area contributed by atoms with Crippen LogP contribution in [0.15, 0.2) is 29.3 Å². The maximum Gasteiger partial charge on any atom is 0.0692 e. The van der Waals surface area contributed by atoms with Gasteiger partial charge in [0, 0.05) is 12.4 Å². The fraction of sp³-hybridized carbons (Fsp3) is 0.286. The Kier molecular flexibility index (Phi) is 2.40. The van der Waals surface area contributed by atoms with Crippen LogP contribution in [0.4, 0.5) is 0 Å². The van der Waals surface area contributed by atoms with E-state index in [4.69, 9.17) is 0 Å². The van der Waals surface area contributed by atoms with Crippen molar-refractivity contribution >= 4 is 15.9 Å². The molecule has 0 saturated heterocycles. The van der Waals surface area contributed by atoms with Gasteiger partial charge in [-0.05, 0) is 15.9 Å². The van der Waals surface area contributed by atoms with Crippen LogP contribution in [0.3, 0.4) is 0 Å². The second-order valence-electron chi connectivity index (χ2n) is 2.59. The summed E-state index contributed by atoms with van der Waals surface area (Å²) in [5, 5.41) is 11.7. The van der Waals surface area contributed by atoms with Crippen molar-refractivity contribution in [3.63, 3.8) is 0 Å². The lowest BCUT2D eigenvalue weighted by Gasteiger charge is -1.99. The number of halogens is 1. The molecule has 6 heteroatoms. The Balaban J connectivity index is 1.93. The summed E-state index contributed by atoms with van der Waals surface area (Å²) in [7, 11) is 0. The van der Waals surface area contributed by atoms with Crippen LogP contribution < -0.4 is 0 Å². The van der Waals surface area contributed by atoms with Crippen molar-refractivity contribution in [2.75, 3.05) is 0 Å². The van der Waals surface area contributed by atoms with Gasteiger partial charge in [0.1, 0.15) is 0 Å². The lowest BCUT2D eigenvalue weighted by atomic mass is 10.6. The van der Waals surface area contributed by atoms with E-state index in [0.29, 0.717) is 0 Å². The molecule has 0 aliphatic carbocycles. The third-order valence-electron chi connectivity index (χ3n) is 1.63. The third kappa shape index (κ3) is 2.15. The molecule has 0 aliphatic heterocycles. The molecule has 2 aromatic rings. The SMILES string of the molecule is Brc1cnn(CCn2ccnn2)c1. The topological polar surface area (TPSA) is 48.5 Å². The average molecular weight is 242 g/mol. The number of aryl methyl sites for hydroxylation is 2. The quantitative estimate of drug-likeness (QED) is 0.804. The molecule has 2 aromatic heterocycles. The van der Waals surface area contributed by atoms with E-state index < -0.39 is 0 Å². The van der Waals surface area contributed by atoms with E-state index >= 15 is 0 Å². The summed E-state index contributed by atoms with van der Waals surface area (Å²) in [6.45, 7) is 1.59. The van der Waals surface area contributed by atoms with Crippen molar-refractivity contribution in [3.8, 4) is 0 Å². The predicted octanol–water partition coefficient (Wildman–Crippen LogP) is 0.937. The minimum absolute atomic E-state index is 0.786. The Bertz CT molecular complexity index is 366. The van der Waals surface area contributed by atoms with E-state index in [2.05, 4.69) is 31.3 Å². The Hall–Kier alpha value is -1.17. The largest absolute Gasteiger partial charge is 0.270 e. The third-order valence-corrected chi connectivity index (χ3v) is 2.04. The fourth-order valence-corrected chi connectivity index (χ4v) is 1.35. The van der Waals surface area contributed by atoms with Gasteiger partial charge in [-0.2, -0.15) is 5.10 Å². The van der Waals surface area contributed by atoms with Crippen LogP contribution in [0.1, 0.15) is 0 Å². The number of aromatic nitrogens is 5. The lowest BCUT2D eigenvalue weighted by molar-refractivity contribution is 0.489. The predicted molar refractivity (Wildman–Crippen MR) is 49.9 cm³/mol. The average Bonchev–Trinajstić information content (AvgIpc) is 2.71. The summed E-state index contributed by atoms with van der Waals surface area (Å²) >= 11 is 3.33. The van der Waals surface area contributed by atoms with Crippen molar-refractivity contribution < 1.29 is 0 Å². The first-order valence-corrected chi connectivity index (χ1v) is 4.66. The van der Waals surface area contributed by atoms with E-state index in [1.165, 1.54) is 0 Å². The molecule has 13 heavy (non-hydrogen) atoms. The Morgan fingerprint density at radius 3 is 2.77 bits per heavy atom. The molecule has 0 aliphatic rings. The summed E-state index contributed by atoms with van der Waals surface area (Å²) in [5.41, 5.74) is 0. The molecule has 0 saturated carbocycles. The smallest absolute Gasteiger partial charge is 0.0692 e. The number of nitrogens with zero attached hydrogens (tertiary/aromatic N) is 5. The summed E-state index contributed by atoms with van der Waals surface area (Å²) in [6.07, 6.45) is 7.19. The Labute approximate surface area is 83.5 Å². The van der Waals surface area contributed by atoms with Crippen molar-refractivity contribution in [2.24, 2.45) is 0 Å². The molecular formula is C7H8BrN5. The zero-order valence-electron chi connectivity index (χ0n) is 6.84. The molecule has 0 amide bonds. The van der Waals surface area contributed by atoms with Crippen molar-refractivity contribution in [2.45, 2.75) is 13.1 Å². The highest BCUT2D eigenvalue weighted by molar-refractivity contribution is 9.10. The van der Waals surface area contributed by atoms with Gasteiger partial charge in [-0.25, -0.2) is 0 Å². The van der Waals surface area contributed by atoms with Crippen LogP contribution >= 0.6 is 15.9 Å². The standard InChI is InChI=1S/C7H8BrN5/c8-7-5-10-13(6-7)4-3-12-2-1-9-11-12/h1-2,5-6H,3-4H2. The monoisotopic (exact) mass is 241 g/mol. The molecule has 2 heterocycles. The molecule has 0 atom stereocenters. The summed E-state index contributed by atoms with van der Waals surface area (Å²) < 4.78 is 4.62. The van der Waals surface area contributed by atoms with Crippen molar-refractivity contribution in [1.82, 2.24) is 24.8 Å². The van der Waals surface area contributed by atoms with E-state index in [0.717, 1.165) is 17.6 Å². The normalized spacial score (nSPS) is 10.5. The van der Waals surface area contributed by atoms with Gasteiger partial charge in [0.05, 0.1) is 30.0 Å². The highest BCUT2D eigenvalue weighted by atomic mass is 79.9. The molecule has 68 valence electrons. The van der Waals surface area contributed by atoms with E-state index in [1.54, 1.807) is 17.1 Å². The molecule has 0 spiro atoms. The second kappa shape index (κ2) is 3.69. The van der Waals surface area contributed by atoms with Gasteiger partial charge < -0.3 is 0 Å². The van der Waals surface area contributed by atoms with Crippen LogP contribution in [0.2, 0.25) is 0 Å². The van der Waals surface area contributed by atoms with E-state index in [-0.39, 0.29) is 0 Å². The molecule has 0 bridgehead atoms. The van der Waals surface area contributed by atoms with Gasteiger partial charge in [-0.3, -0.25) is 9.36 Å². The molecule has 0 N–H and O–H groups in total. The minimum atomic E-state index is 0.786. The van der Waals surface area contributed by atoms with Gasteiger partial charge in [-0.15, -0.1) is 5.10 Å². The van der Waals surface area contributed by atoms with Crippen LogP contribution in [-0.4, -0.2) is 24.8 Å². The molecular weight excluding hydrogens is 234 g/mol. The first-order chi connectivity index (χ1) is 6.34. The highest BCUT2D eigenvalue weighted by Gasteiger charge is 1.95. The van der Waals surface area contributed by atoms with Gasteiger partial charge in [0.2, 0.25) is 0 Å². The molecule has 0 radical (unpaired) electrons. The number of hydrogen-bond donors (Lipinski definition) is 0. The second-order valence-corrected chi connectivity index (χ2v) is 3.50. The first-order valence-electron chi connectivity index (χ1n) is 3.86. The molecule has 0 unspecified atom stereocenters. The first kappa shape index (κ1) is 8.43. The summed E-state index contributed by atoms with van der Waals surface area (Å²) in [6, 6.07) is 0. The van der Waals surface area contributed by atoms with Gasteiger partial charge in [0.15, 0.2) is 0 Å². The van der Waals surface area contributed by atoms with Crippen molar-refractivity contribution in [3.05, 3.63) is 29.3 Å². The lowest BCUT2D eigenvalue weighted by Crippen LogP contribution is -2.08. The summed E-state index contributed by atoms with van der Waals surface area (Å²) in [4.78, 5) is 0. The number of hydrogen-bond acceptors (Lipinski definition) is 3. The van der Waals surface area contributed by atoms with Crippen LogP contribution in [-0.2, 0) is 13.1 Å². The molecule has 0 fully saturated rings.